The van der Waals surface area contributed by atoms with E-state index in [0.717, 1.165) is 30.5 Å². The van der Waals surface area contributed by atoms with E-state index in [0.29, 0.717) is 24.8 Å². The van der Waals surface area contributed by atoms with Crippen molar-refractivity contribution in [3.63, 3.8) is 0 Å². The van der Waals surface area contributed by atoms with E-state index >= 15 is 0 Å². The largest absolute Gasteiger partial charge is 0.454 e. The fourth-order valence-corrected chi connectivity index (χ4v) is 6.23. The lowest BCUT2D eigenvalue weighted by Crippen LogP contribution is -2.59. The molecule has 2 bridgehead atoms. The van der Waals surface area contributed by atoms with Gasteiger partial charge in [-0.25, -0.2) is 4.98 Å². The van der Waals surface area contributed by atoms with Crippen molar-refractivity contribution in [2.24, 2.45) is 5.92 Å². The molecule has 4 saturated heterocycles. The minimum absolute atomic E-state index is 0.347. The predicted octanol–water partition coefficient (Wildman–Crippen LogP) is 2.93. The third kappa shape index (κ3) is 2.32. The second-order valence-corrected chi connectivity index (χ2v) is 8.70. The van der Waals surface area contributed by atoms with E-state index in [-0.39, 0.29) is 0 Å². The van der Waals surface area contributed by atoms with E-state index in [2.05, 4.69) is 38.4 Å². The number of aromatic nitrogens is 1. The summed E-state index contributed by atoms with van der Waals surface area (Å²) < 4.78 is 11.2. The second-order valence-electron chi connectivity index (χ2n) is 7.98. The minimum atomic E-state index is 0.347. The van der Waals surface area contributed by atoms with Crippen molar-refractivity contribution < 1.29 is 9.47 Å². The molecular formula is C20H23N3O2S. The maximum absolute atomic E-state index is 5.65. The summed E-state index contributed by atoms with van der Waals surface area (Å²) in [6.07, 6.45) is 2.70. The number of ether oxygens (including phenoxy) is 2. The molecule has 0 spiro atoms. The molecule has 6 heteroatoms. The Bertz CT molecular complexity index is 803. The highest BCUT2D eigenvalue weighted by atomic mass is 32.1. The molecule has 26 heavy (non-hydrogen) atoms. The monoisotopic (exact) mass is 369 g/mol. The molecule has 1 aromatic carbocycles. The van der Waals surface area contributed by atoms with Gasteiger partial charge in [0.05, 0.1) is 11.2 Å². The third-order valence-electron chi connectivity index (χ3n) is 6.77. The van der Waals surface area contributed by atoms with Crippen LogP contribution in [0.5, 0.6) is 11.5 Å². The molecular weight excluding hydrogens is 346 g/mol. The molecule has 5 nitrogen and oxygen atoms in total. The molecule has 5 aliphatic rings. The maximum atomic E-state index is 5.65. The van der Waals surface area contributed by atoms with Crippen LogP contribution in [0.25, 0.3) is 0 Å². The molecule has 136 valence electrons. The number of piperidine rings is 3. The molecule has 4 fully saturated rings. The molecule has 0 radical (unpaired) electrons. The van der Waals surface area contributed by atoms with Crippen LogP contribution in [0.15, 0.2) is 29.1 Å². The Hall–Kier alpha value is -1.63. The highest BCUT2D eigenvalue weighted by Crippen LogP contribution is 2.48. The molecule has 6 heterocycles. The van der Waals surface area contributed by atoms with Gasteiger partial charge in [0.15, 0.2) is 11.5 Å². The number of benzene rings is 1. The topological polar surface area (TPSA) is 37.8 Å². The Kier molecular flexibility index (Phi) is 3.53. The van der Waals surface area contributed by atoms with Gasteiger partial charge >= 0.3 is 0 Å². The summed E-state index contributed by atoms with van der Waals surface area (Å²) in [5.74, 6) is 3.17. The SMILES string of the molecule is c1nc(CN2C[C@@H](c3ccc4c(c3)OCO4)[C@@H]3[C@H]2C2CCN3CC2)cs1. The van der Waals surface area contributed by atoms with Crippen molar-refractivity contribution in [2.75, 3.05) is 26.4 Å². The van der Waals surface area contributed by atoms with Gasteiger partial charge in [-0.3, -0.25) is 9.80 Å². The first kappa shape index (κ1) is 15.4. The van der Waals surface area contributed by atoms with Gasteiger partial charge in [0.1, 0.15) is 0 Å². The number of nitrogens with zero attached hydrogens (tertiary/aromatic N) is 3. The molecule has 0 amide bonds. The van der Waals surface area contributed by atoms with Gasteiger partial charge < -0.3 is 9.47 Å². The van der Waals surface area contributed by atoms with Crippen LogP contribution in [0.3, 0.4) is 0 Å². The van der Waals surface area contributed by atoms with Crippen LogP contribution in [-0.2, 0) is 6.54 Å². The van der Waals surface area contributed by atoms with E-state index in [9.17, 15) is 0 Å². The van der Waals surface area contributed by atoms with Gasteiger partial charge in [0.2, 0.25) is 6.79 Å². The third-order valence-corrected chi connectivity index (χ3v) is 7.40. The van der Waals surface area contributed by atoms with Crippen LogP contribution in [-0.4, -0.2) is 53.3 Å². The molecule has 0 unspecified atom stereocenters. The number of rotatable bonds is 3. The molecule has 0 saturated carbocycles. The van der Waals surface area contributed by atoms with Gasteiger partial charge in [0, 0.05) is 36.5 Å². The normalized spacial score (nSPS) is 35.0. The molecule has 2 aromatic rings. The number of fused-ring (bicyclic) bond motifs is 3. The predicted molar refractivity (Wildman–Crippen MR) is 99.7 cm³/mol. The number of hydrogen-bond donors (Lipinski definition) is 0. The van der Waals surface area contributed by atoms with Crippen LogP contribution in [0.2, 0.25) is 0 Å². The number of hydrogen-bond acceptors (Lipinski definition) is 6. The van der Waals surface area contributed by atoms with Crippen LogP contribution in [0, 0.1) is 5.92 Å². The van der Waals surface area contributed by atoms with Crippen molar-refractivity contribution in [1.82, 2.24) is 14.8 Å². The molecule has 1 aromatic heterocycles. The van der Waals surface area contributed by atoms with E-state index in [1.807, 2.05) is 5.51 Å². The Morgan fingerprint density at radius 3 is 2.85 bits per heavy atom. The minimum Gasteiger partial charge on any atom is -0.454 e. The van der Waals surface area contributed by atoms with Gasteiger partial charge in [0.25, 0.3) is 0 Å². The highest BCUT2D eigenvalue weighted by molar-refractivity contribution is 7.07. The summed E-state index contributed by atoms with van der Waals surface area (Å²) in [6.45, 7) is 4.96. The summed E-state index contributed by atoms with van der Waals surface area (Å²) in [5.41, 5.74) is 4.57. The first-order valence-corrected chi connectivity index (χ1v) is 10.6. The summed E-state index contributed by atoms with van der Waals surface area (Å²) in [5, 5.41) is 2.20. The molecule has 0 aliphatic carbocycles. The zero-order valence-electron chi connectivity index (χ0n) is 14.7. The Morgan fingerprint density at radius 2 is 2.00 bits per heavy atom. The molecule has 7 rings (SSSR count). The summed E-state index contributed by atoms with van der Waals surface area (Å²) in [7, 11) is 0. The molecule has 3 atom stereocenters. The van der Waals surface area contributed by atoms with Crippen LogP contribution in [0.4, 0.5) is 0 Å². The summed E-state index contributed by atoms with van der Waals surface area (Å²) in [4.78, 5) is 10.0. The van der Waals surface area contributed by atoms with E-state index in [1.165, 1.54) is 37.2 Å². The lowest BCUT2D eigenvalue weighted by atomic mass is 9.75. The van der Waals surface area contributed by atoms with Gasteiger partial charge in [-0.1, -0.05) is 6.07 Å². The van der Waals surface area contributed by atoms with Crippen molar-refractivity contribution in [3.05, 3.63) is 40.3 Å². The van der Waals surface area contributed by atoms with E-state index in [1.54, 1.807) is 11.3 Å². The van der Waals surface area contributed by atoms with Crippen molar-refractivity contribution in [3.8, 4) is 11.5 Å². The first-order valence-electron chi connectivity index (χ1n) is 9.61. The van der Waals surface area contributed by atoms with Crippen molar-refractivity contribution in [1.29, 1.82) is 0 Å². The fraction of sp³-hybridized carbons (Fsp3) is 0.550. The zero-order chi connectivity index (χ0) is 17.1. The summed E-state index contributed by atoms with van der Waals surface area (Å²) in [6, 6.07) is 7.85. The van der Waals surface area contributed by atoms with Gasteiger partial charge in [-0.2, -0.15) is 0 Å². The smallest absolute Gasteiger partial charge is 0.231 e. The van der Waals surface area contributed by atoms with Gasteiger partial charge in [-0.15, -0.1) is 11.3 Å². The van der Waals surface area contributed by atoms with Crippen LogP contribution in [0.1, 0.15) is 30.0 Å². The zero-order valence-corrected chi connectivity index (χ0v) is 15.5. The average molecular weight is 369 g/mol. The fourth-order valence-electron chi connectivity index (χ4n) is 5.68. The Labute approximate surface area is 157 Å². The number of likely N-dealkylation sites (tertiary alicyclic amines) is 1. The second kappa shape index (κ2) is 5.94. The summed E-state index contributed by atoms with van der Waals surface area (Å²) >= 11 is 1.70. The Morgan fingerprint density at radius 1 is 1.12 bits per heavy atom. The standard InChI is InChI=1S/C20H23N3O2S/c1-2-17-18(25-12-24-17)7-14(1)16-9-23(8-15-10-26-11-21-15)19-13-3-5-22(6-4-13)20(16)19/h1-2,7,10-11,13,16,19-20H,3-6,8-9,12H2/t16-,19+,20+/m0/s1. The Balaban J connectivity index is 1.36. The van der Waals surface area contributed by atoms with E-state index < -0.39 is 0 Å². The molecule has 5 aliphatic heterocycles. The lowest BCUT2D eigenvalue weighted by molar-refractivity contribution is -0.00894. The average Bonchev–Trinajstić information content (AvgIpc) is 3.43. The van der Waals surface area contributed by atoms with Crippen molar-refractivity contribution in [2.45, 2.75) is 37.4 Å². The quantitative estimate of drug-likeness (QED) is 0.832. The lowest BCUT2D eigenvalue weighted by Gasteiger charge is -2.51. The van der Waals surface area contributed by atoms with Gasteiger partial charge in [-0.05, 0) is 49.5 Å². The highest BCUT2D eigenvalue weighted by Gasteiger charge is 2.53. The molecule has 0 N–H and O–H groups in total. The number of thiazole rings is 1. The van der Waals surface area contributed by atoms with Crippen molar-refractivity contribution >= 4 is 11.3 Å². The van der Waals surface area contributed by atoms with Crippen LogP contribution >= 0.6 is 11.3 Å². The van der Waals surface area contributed by atoms with Crippen LogP contribution < -0.4 is 9.47 Å². The first-order chi connectivity index (χ1) is 12.9. The van der Waals surface area contributed by atoms with E-state index in [4.69, 9.17) is 9.47 Å². The maximum Gasteiger partial charge on any atom is 0.231 e.